The zero-order valence-corrected chi connectivity index (χ0v) is 16.8. The second kappa shape index (κ2) is 6.91. The minimum Gasteiger partial charge on any atom is -0.322 e. The SMILES string of the molecule is CC(C)Cn1c(=O)n(C)c(=O)c2cc(Cc3cc(=O)[nH]c4ccccc34)sc21. The lowest BCUT2D eigenvalue weighted by molar-refractivity contribution is 0.504. The van der Waals surface area contributed by atoms with Crippen LogP contribution in [0.5, 0.6) is 0 Å². The molecular weight excluding hydrogens is 374 g/mol. The number of rotatable bonds is 4. The van der Waals surface area contributed by atoms with Crippen molar-refractivity contribution in [2.24, 2.45) is 13.0 Å². The minimum atomic E-state index is -0.291. The first-order valence-electron chi connectivity index (χ1n) is 9.18. The van der Waals surface area contributed by atoms with E-state index in [1.807, 2.05) is 44.2 Å². The van der Waals surface area contributed by atoms with E-state index in [1.54, 1.807) is 10.6 Å². The average Bonchev–Trinajstić information content (AvgIpc) is 3.07. The van der Waals surface area contributed by atoms with Crippen molar-refractivity contribution in [1.29, 1.82) is 0 Å². The van der Waals surface area contributed by atoms with Crippen LogP contribution >= 0.6 is 11.3 Å². The van der Waals surface area contributed by atoms with E-state index in [9.17, 15) is 14.4 Å². The molecule has 3 aromatic heterocycles. The molecule has 0 aliphatic rings. The molecule has 1 N–H and O–H groups in total. The topological polar surface area (TPSA) is 76.9 Å². The highest BCUT2D eigenvalue weighted by Crippen LogP contribution is 2.27. The Hall–Kier alpha value is -2.93. The summed E-state index contributed by atoms with van der Waals surface area (Å²) in [4.78, 5) is 41.8. The van der Waals surface area contributed by atoms with Gasteiger partial charge in [-0.05, 0) is 23.6 Å². The number of pyridine rings is 1. The van der Waals surface area contributed by atoms with Crippen LogP contribution in [0, 0.1) is 5.92 Å². The van der Waals surface area contributed by atoms with Gasteiger partial charge in [0.15, 0.2) is 0 Å². The van der Waals surface area contributed by atoms with Crippen LogP contribution in [-0.4, -0.2) is 14.1 Å². The summed E-state index contributed by atoms with van der Waals surface area (Å²) in [6, 6.07) is 11.1. The molecule has 28 heavy (non-hydrogen) atoms. The van der Waals surface area contributed by atoms with Crippen LogP contribution in [0.2, 0.25) is 0 Å². The maximum absolute atomic E-state index is 12.6. The maximum Gasteiger partial charge on any atom is 0.331 e. The predicted molar refractivity (Wildman–Crippen MR) is 114 cm³/mol. The monoisotopic (exact) mass is 395 g/mol. The Labute approximate surface area is 164 Å². The van der Waals surface area contributed by atoms with Crippen molar-refractivity contribution in [3.63, 3.8) is 0 Å². The van der Waals surface area contributed by atoms with E-state index in [-0.39, 0.29) is 22.7 Å². The molecule has 4 aromatic rings. The van der Waals surface area contributed by atoms with Crippen LogP contribution < -0.4 is 16.8 Å². The van der Waals surface area contributed by atoms with Crippen LogP contribution in [0.25, 0.3) is 21.1 Å². The smallest absolute Gasteiger partial charge is 0.322 e. The van der Waals surface area contributed by atoms with Gasteiger partial charge in [-0.1, -0.05) is 32.0 Å². The number of aromatic nitrogens is 3. The second-order valence-electron chi connectivity index (χ2n) is 7.46. The highest BCUT2D eigenvalue weighted by Gasteiger charge is 2.16. The molecule has 6 nitrogen and oxygen atoms in total. The Morgan fingerprint density at radius 1 is 1.07 bits per heavy atom. The summed E-state index contributed by atoms with van der Waals surface area (Å²) in [5.74, 6) is 0.278. The van der Waals surface area contributed by atoms with Gasteiger partial charge in [0, 0.05) is 41.9 Å². The van der Waals surface area contributed by atoms with Crippen molar-refractivity contribution >= 4 is 32.5 Å². The molecule has 0 bridgehead atoms. The summed E-state index contributed by atoms with van der Waals surface area (Å²) >= 11 is 1.45. The highest BCUT2D eigenvalue weighted by molar-refractivity contribution is 7.18. The van der Waals surface area contributed by atoms with Crippen LogP contribution in [0.3, 0.4) is 0 Å². The van der Waals surface area contributed by atoms with Gasteiger partial charge in [-0.2, -0.15) is 0 Å². The molecule has 0 saturated heterocycles. The molecule has 7 heteroatoms. The molecular formula is C21H21N3O3S. The van der Waals surface area contributed by atoms with Gasteiger partial charge in [-0.15, -0.1) is 11.3 Å². The van der Waals surface area contributed by atoms with Gasteiger partial charge in [0.05, 0.1) is 5.39 Å². The first-order chi connectivity index (χ1) is 13.3. The summed E-state index contributed by atoms with van der Waals surface area (Å²) in [7, 11) is 1.52. The van der Waals surface area contributed by atoms with E-state index in [2.05, 4.69) is 4.98 Å². The summed E-state index contributed by atoms with van der Waals surface area (Å²) < 4.78 is 2.86. The summed E-state index contributed by atoms with van der Waals surface area (Å²) in [6.45, 7) is 4.64. The first kappa shape index (κ1) is 18.4. The van der Waals surface area contributed by atoms with E-state index in [4.69, 9.17) is 0 Å². The Bertz CT molecular complexity index is 1370. The van der Waals surface area contributed by atoms with Gasteiger partial charge in [0.25, 0.3) is 5.56 Å². The predicted octanol–water partition coefficient (Wildman–Crippen LogP) is 2.85. The zero-order valence-electron chi connectivity index (χ0n) is 16.0. The standard InChI is InChI=1S/C21H21N3O3S/c1-12(2)11-24-20-16(19(26)23(3)21(24)27)10-14(28-20)8-13-9-18(25)22-17-7-5-4-6-15(13)17/h4-7,9-10,12H,8,11H2,1-3H3,(H,22,25). The molecule has 144 valence electrons. The lowest BCUT2D eigenvalue weighted by Crippen LogP contribution is -2.38. The van der Waals surface area contributed by atoms with Gasteiger partial charge in [0.2, 0.25) is 5.56 Å². The molecule has 0 aliphatic carbocycles. The lowest BCUT2D eigenvalue weighted by Gasteiger charge is -2.11. The summed E-state index contributed by atoms with van der Waals surface area (Å²) in [6.07, 6.45) is 0.531. The molecule has 4 rings (SSSR count). The van der Waals surface area contributed by atoms with Crippen molar-refractivity contribution in [3.05, 3.63) is 78.0 Å². The van der Waals surface area contributed by atoms with E-state index in [0.29, 0.717) is 23.2 Å². The van der Waals surface area contributed by atoms with Crippen LogP contribution in [0.15, 0.2) is 50.8 Å². The number of nitrogens with one attached hydrogen (secondary N) is 1. The number of thiophene rings is 1. The minimum absolute atomic E-state index is 0.151. The molecule has 0 atom stereocenters. The van der Waals surface area contributed by atoms with Crippen molar-refractivity contribution in [1.82, 2.24) is 14.1 Å². The summed E-state index contributed by atoms with van der Waals surface area (Å²) in [5, 5.41) is 1.53. The number of benzene rings is 1. The molecule has 0 unspecified atom stereocenters. The van der Waals surface area contributed by atoms with Crippen molar-refractivity contribution in [2.75, 3.05) is 0 Å². The van der Waals surface area contributed by atoms with Gasteiger partial charge < -0.3 is 4.98 Å². The molecule has 0 spiro atoms. The Morgan fingerprint density at radius 3 is 2.57 bits per heavy atom. The molecule has 0 aliphatic heterocycles. The van der Waals surface area contributed by atoms with Crippen LogP contribution in [0.4, 0.5) is 0 Å². The number of nitrogens with zero attached hydrogens (tertiary/aromatic N) is 2. The van der Waals surface area contributed by atoms with Gasteiger partial charge in [-0.3, -0.25) is 18.7 Å². The maximum atomic E-state index is 12.6. The number of hydrogen-bond acceptors (Lipinski definition) is 4. The normalized spacial score (nSPS) is 11.7. The first-order valence-corrected chi connectivity index (χ1v) is 10.00. The molecule has 0 saturated carbocycles. The van der Waals surface area contributed by atoms with Crippen molar-refractivity contribution < 1.29 is 0 Å². The fourth-order valence-electron chi connectivity index (χ4n) is 3.54. The summed E-state index contributed by atoms with van der Waals surface area (Å²) in [5.41, 5.74) is 0.973. The van der Waals surface area contributed by atoms with Gasteiger partial charge >= 0.3 is 5.69 Å². The molecule has 0 amide bonds. The number of H-pyrrole nitrogens is 1. The third-order valence-electron chi connectivity index (χ3n) is 4.81. The lowest BCUT2D eigenvalue weighted by atomic mass is 10.1. The number of para-hydroxylation sites is 1. The number of aromatic amines is 1. The van der Waals surface area contributed by atoms with E-state index in [0.717, 1.165) is 21.3 Å². The average molecular weight is 395 g/mol. The van der Waals surface area contributed by atoms with Crippen molar-refractivity contribution in [3.8, 4) is 0 Å². The number of hydrogen-bond donors (Lipinski definition) is 1. The number of fused-ring (bicyclic) bond motifs is 2. The Balaban J connectivity index is 1.90. The zero-order chi connectivity index (χ0) is 20.0. The van der Waals surface area contributed by atoms with E-state index >= 15 is 0 Å². The molecule has 0 fully saturated rings. The van der Waals surface area contributed by atoms with Crippen LogP contribution in [-0.2, 0) is 20.0 Å². The third kappa shape index (κ3) is 3.11. The fraction of sp³-hybridized carbons (Fsp3) is 0.286. The molecule has 3 heterocycles. The quantitative estimate of drug-likeness (QED) is 0.577. The largest absolute Gasteiger partial charge is 0.331 e. The molecule has 0 radical (unpaired) electrons. The van der Waals surface area contributed by atoms with Crippen LogP contribution in [0.1, 0.15) is 24.3 Å². The van der Waals surface area contributed by atoms with Gasteiger partial charge in [0.1, 0.15) is 4.83 Å². The Morgan fingerprint density at radius 2 is 1.82 bits per heavy atom. The van der Waals surface area contributed by atoms with Crippen molar-refractivity contribution in [2.45, 2.75) is 26.8 Å². The third-order valence-corrected chi connectivity index (χ3v) is 5.97. The second-order valence-corrected chi connectivity index (χ2v) is 8.58. The van der Waals surface area contributed by atoms with E-state index < -0.39 is 0 Å². The highest BCUT2D eigenvalue weighted by atomic mass is 32.1. The van der Waals surface area contributed by atoms with Gasteiger partial charge in [-0.25, -0.2) is 4.79 Å². The molecule has 1 aromatic carbocycles. The fourth-order valence-corrected chi connectivity index (χ4v) is 4.72. The van der Waals surface area contributed by atoms with E-state index in [1.165, 1.54) is 23.0 Å². The Kier molecular flexibility index (Phi) is 4.55.